The van der Waals surface area contributed by atoms with Gasteiger partial charge in [-0.1, -0.05) is 30.4 Å². The van der Waals surface area contributed by atoms with Gasteiger partial charge in [0.25, 0.3) is 10.0 Å². The number of hydrogen-bond acceptors (Lipinski definition) is 3. The summed E-state index contributed by atoms with van der Waals surface area (Å²) in [5, 5.41) is 0. The van der Waals surface area contributed by atoms with Crippen molar-refractivity contribution in [3.05, 3.63) is 57.0 Å². The van der Waals surface area contributed by atoms with E-state index in [-0.39, 0.29) is 9.88 Å². The minimum absolute atomic E-state index is 0.130. The van der Waals surface area contributed by atoms with E-state index in [1.54, 1.807) is 30.3 Å². The molecule has 0 spiro atoms. The molecule has 0 fully saturated rings. The van der Waals surface area contributed by atoms with Crippen molar-refractivity contribution in [3.63, 3.8) is 0 Å². The molecule has 0 bridgehead atoms. The van der Waals surface area contributed by atoms with E-state index in [9.17, 15) is 8.42 Å². The third-order valence-electron chi connectivity index (χ3n) is 2.65. The van der Waals surface area contributed by atoms with Gasteiger partial charge in [-0.05, 0) is 56.1 Å². The second kappa shape index (κ2) is 6.43. The van der Waals surface area contributed by atoms with Crippen molar-refractivity contribution in [2.75, 3.05) is 4.72 Å². The molecule has 0 aliphatic rings. The van der Waals surface area contributed by atoms with E-state index in [0.29, 0.717) is 20.2 Å². The van der Waals surface area contributed by atoms with Gasteiger partial charge in [-0.25, -0.2) is 8.42 Å². The zero-order valence-electron chi connectivity index (χ0n) is 10.5. The molecule has 0 aliphatic heterocycles. The van der Waals surface area contributed by atoms with Gasteiger partial charge in [0, 0.05) is 14.5 Å². The summed E-state index contributed by atoms with van der Waals surface area (Å²) in [7, 11) is -3.69. The van der Waals surface area contributed by atoms with Gasteiger partial charge in [-0.15, -0.1) is 0 Å². The van der Waals surface area contributed by atoms with Crippen molar-refractivity contribution >= 4 is 64.8 Å². The van der Waals surface area contributed by atoms with E-state index in [2.05, 4.69) is 36.6 Å². The van der Waals surface area contributed by atoms with Crippen LogP contribution >= 0.6 is 44.1 Å². The topological polar surface area (TPSA) is 72.2 Å². The van der Waals surface area contributed by atoms with Crippen LogP contribution in [0.4, 0.5) is 5.69 Å². The Balaban J connectivity index is 2.36. The Bertz CT molecular complexity index is 770. The van der Waals surface area contributed by atoms with Crippen LogP contribution in [0.2, 0.25) is 0 Å². The van der Waals surface area contributed by atoms with E-state index in [0.717, 1.165) is 0 Å². The van der Waals surface area contributed by atoms with E-state index in [1.165, 1.54) is 12.1 Å². The minimum atomic E-state index is -3.69. The molecule has 0 aliphatic carbocycles. The van der Waals surface area contributed by atoms with Gasteiger partial charge >= 0.3 is 0 Å². The summed E-state index contributed by atoms with van der Waals surface area (Å²) in [4.78, 5) is 0.352. The summed E-state index contributed by atoms with van der Waals surface area (Å²) in [5.74, 6) is 0. The lowest BCUT2D eigenvalue weighted by Crippen LogP contribution is -2.14. The molecule has 0 heterocycles. The van der Waals surface area contributed by atoms with Crippen LogP contribution in [0, 0.1) is 0 Å². The van der Waals surface area contributed by atoms with Crippen LogP contribution < -0.4 is 10.5 Å². The van der Waals surface area contributed by atoms with Crippen molar-refractivity contribution in [1.29, 1.82) is 0 Å². The number of nitrogens with two attached hydrogens (primary N) is 1. The molecule has 0 amide bonds. The second-order valence-corrected chi connectivity index (χ2v) is 7.92. The molecule has 0 saturated carbocycles. The number of benzene rings is 2. The van der Waals surface area contributed by atoms with Gasteiger partial charge in [0.15, 0.2) is 0 Å². The van der Waals surface area contributed by atoms with Gasteiger partial charge in [0.2, 0.25) is 0 Å². The summed E-state index contributed by atoms with van der Waals surface area (Å²) >= 11 is 11.5. The third kappa shape index (κ3) is 3.82. The Hall–Kier alpha value is -0.960. The van der Waals surface area contributed by atoms with Gasteiger partial charge in [-0.3, -0.25) is 4.72 Å². The molecule has 2 aromatic carbocycles. The van der Waals surface area contributed by atoms with E-state index in [4.69, 9.17) is 18.0 Å². The Morgan fingerprint density at radius 3 is 2.05 bits per heavy atom. The highest BCUT2D eigenvalue weighted by Gasteiger charge is 2.17. The quantitative estimate of drug-likeness (QED) is 0.698. The van der Waals surface area contributed by atoms with Crippen LogP contribution in [0.1, 0.15) is 5.56 Å². The number of thiocarbonyl (C=S) groups is 1. The van der Waals surface area contributed by atoms with Crippen LogP contribution in [0.15, 0.2) is 56.3 Å². The molecule has 21 heavy (non-hydrogen) atoms. The summed E-state index contributed by atoms with van der Waals surface area (Å²) in [5.41, 5.74) is 6.55. The summed E-state index contributed by atoms with van der Waals surface area (Å²) < 4.78 is 28.6. The van der Waals surface area contributed by atoms with E-state index >= 15 is 0 Å². The Morgan fingerprint density at radius 1 is 1.05 bits per heavy atom. The fraction of sp³-hybridized carbons (Fsp3) is 0. The van der Waals surface area contributed by atoms with Crippen LogP contribution in [-0.2, 0) is 10.0 Å². The zero-order chi connectivity index (χ0) is 15.6. The van der Waals surface area contributed by atoms with Gasteiger partial charge in [-0.2, -0.15) is 0 Å². The van der Waals surface area contributed by atoms with Crippen molar-refractivity contribution in [3.8, 4) is 0 Å². The average Bonchev–Trinajstić information content (AvgIpc) is 2.43. The highest BCUT2D eigenvalue weighted by atomic mass is 79.9. The molecular weight excluding hydrogens is 440 g/mol. The monoisotopic (exact) mass is 448 g/mol. The standard InChI is InChI=1S/C13H10Br2N2O2S2/c14-10-2-1-3-11(15)12(10)17-21(18,19)9-6-4-8(5-7-9)13(16)20/h1-7,17H,(H2,16,20). The van der Waals surface area contributed by atoms with E-state index < -0.39 is 10.0 Å². The zero-order valence-corrected chi connectivity index (χ0v) is 15.3. The van der Waals surface area contributed by atoms with Crippen LogP contribution in [0.5, 0.6) is 0 Å². The smallest absolute Gasteiger partial charge is 0.261 e. The first-order chi connectivity index (χ1) is 9.81. The van der Waals surface area contributed by atoms with Gasteiger partial charge in [0.1, 0.15) is 4.99 Å². The number of anilines is 1. The fourth-order valence-corrected chi connectivity index (χ4v) is 4.28. The molecule has 3 N–H and O–H groups in total. The third-order valence-corrected chi connectivity index (χ3v) is 5.57. The fourth-order valence-electron chi connectivity index (χ4n) is 1.59. The first-order valence-corrected chi connectivity index (χ1v) is 9.16. The first kappa shape index (κ1) is 16.4. The summed E-state index contributed by atoms with van der Waals surface area (Å²) in [6.07, 6.45) is 0. The molecule has 2 rings (SSSR count). The predicted molar refractivity (Wildman–Crippen MR) is 95.0 cm³/mol. The Kier molecular flexibility index (Phi) is 5.03. The lowest BCUT2D eigenvalue weighted by atomic mass is 10.2. The lowest BCUT2D eigenvalue weighted by Gasteiger charge is -2.11. The van der Waals surface area contributed by atoms with Crippen LogP contribution in [0.3, 0.4) is 0 Å². The predicted octanol–water partition coefficient (Wildman–Crippen LogP) is 3.65. The van der Waals surface area contributed by atoms with Crippen molar-refractivity contribution in [2.24, 2.45) is 5.73 Å². The lowest BCUT2D eigenvalue weighted by molar-refractivity contribution is 0.601. The van der Waals surface area contributed by atoms with Gasteiger partial charge < -0.3 is 5.73 Å². The number of sulfonamides is 1. The summed E-state index contributed by atoms with van der Waals surface area (Å²) in [6.45, 7) is 0. The first-order valence-electron chi connectivity index (χ1n) is 5.68. The number of para-hydroxylation sites is 1. The van der Waals surface area contributed by atoms with Crippen LogP contribution in [-0.4, -0.2) is 13.4 Å². The molecule has 4 nitrogen and oxygen atoms in total. The average molecular weight is 450 g/mol. The maximum atomic E-state index is 12.4. The maximum Gasteiger partial charge on any atom is 0.261 e. The van der Waals surface area contributed by atoms with Crippen molar-refractivity contribution in [1.82, 2.24) is 0 Å². The van der Waals surface area contributed by atoms with E-state index in [1.807, 2.05) is 0 Å². The Labute approximate surface area is 145 Å². The molecule has 0 aromatic heterocycles. The number of halogens is 2. The highest BCUT2D eigenvalue weighted by molar-refractivity contribution is 9.11. The molecule has 0 radical (unpaired) electrons. The summed E-state index contributed by atoms with van der Waals surface area (Å²) in [6, 6.07) is 11.4. The molecule has 110 valence electrons. The number of rotatable bonds is 4. The molecule has 8 heteroatoms. The van der Waals surface area contributed by atoms with Crippen molar-refractivity contribution < 1.29 is 8.42 Å². The van der Waals surface area contributed by atoms with Crippen molar-refractivity contribution in [2.45, 2.75) is 4.90 Å². The van der Waals surface area contributed by atoms with Gasteiger partial charge in [0.05, 0.1) is 10.6 Å². The van der Waals surface area contributed by atoms with Crippen LogP contribution in [0.25, 0.3) is 0 Å². The minimum Gasteiger partial charge on any atom is -0.389 e. The SMILES string of the molecule is NC(=S)c1ccc(S(=O)(=O)Nc2c(Br)cccc2Br)cc1. The molecule has 0 atom stereocenters. The maximum absolute atomic E-state index is 12.4. The number of hydrogen-bond donors (Lipinski definition) is 2. The molecular formula is C13H10Br2N2O2S2. The molecule has 0 unspecified atom stereocenters. The second-order valence-electron chi connectivity index (χ2n) is 4.09. The molecule has 0 saturated heterocycles. The molecule has 2 aromatic rings. The normalized spacial score (nSPS) is 11.1. The highest BCUT2D eigenvalue weighted by Crippen LogP contribution is 2.32. The number of nitrogens with one attached hydrogen (secondary N) is 1. The largest absolute Gasteiger partial charge is 0.389 e. The Morgan fingerprint density at radius 2 is 1.57 bits per heavy atom.